The Hall–Kier alpha value is -2.00. The van der Waals surface area contributed by atoms with Gasteiger partial charge >= 0.3 is 0 Å². The Morgan fingerprint density at radius 3 is 3.00 bits per heavy atom. The second-order valence-electron chi connectivity index (χ2n) is 3.50. The van der Waals surface area contributed by atoms with Crippen LogP contribution in [0.25, 0.3) is 10.4 Å². The number of anilines is 1. The molecule has 0 spiro atoms. The van der Waals surface area contributed by atoms with Crippen LogP contribution in [0, 0.1) is 5.92 Å². The number of nitrogens with zero attached hydrogens (tertiary/aromatic N) is 3. The Labute approximate surface area is 86.7 Å². The van der Waals surface area contributed by atoms with Crippen molar-refractivity contribution in [1.82, 2.24) is 0 Å². The van der Waals surface area contributed by atoms with E-state index in [0.29, 0.717) is 11.4 Å². The summed E-state index contributed by atoms with van der Waals surface area (Å²) in [6, 6.07) is 6.86. The van der Waals surface area contributed by atoms with Gasteiger partial charge in [0.1, 0.15) is 0 Å². The number of nitrogens with one attached hydrogen (secondary N) is 1. The molecule has 0 unspecified atom stereocenters. The molecule has 0 aliphatic heterocycles. The molecule has 1 aromatic carbocycles. The van der Waals surface area contributed by atoms with E-state index >= 15 is 0 Å². The predicted octanol–water partition coefficient (Wildman–Crippen LogP) is 2.98. The molecule has 5 nitrogen and oxygen atoms in total. The van der Waals surface area contributed by atoms with E-state index < -0.39 is 0 Å². The molecule has 0 heterocycles. The molecule has 76 valence electrons. The number of amides is 1. The third-order valence-corrected chi connectivity index (χ3v) is 2.22. The van der Waals surface area contributed by atoms with Crippen molar-refractivity contribution in [2.24, 2.45) is 11.0 Å². The summed E-state index contributed by atoms with van der Waals surface area (Å²) in [4.78, 5) is 14.1. The smallest absolute Gasteiger partial charge is 0.227 e. The molecule has 0 radical (unpaired) electrons. The van der Waals surface area contributed by atoms with Crippen LogP contribution in [-0.2, 0) is 4.79 Å². The van der Waals surface area contributed by atoms with Crippen molar-refractivity contribution < 1.29 is 4.79 Å². The molecule has 0 atom stereocenters. The van der Waals surface area contributed by atoms with Crippen molar-refractivity contribution in [3.8, 4) is 0 Å². The molecule has 15 heavy (non-hydrogen) atoms. The first-order valence-corrected chi connectivity index (χ1v) is 4.75. The van der Waals surface area contributed by atoms with Gasteiger partial charge in [-0.3, -0.25) is 4.79 Å². The summed E-state index contributed by atoms with van der Waals surface area (Å²) in [7, 11) is 0. The Morgan fingerprint density at radius 2 is 2.33 bits per heavy atom. The highest BCUT2D eigenvalue weighted by molar-refractivity contribution is 5.94. The van der Waals surface area contributed by atoms with Crippen LogP contribution in [-0.4, -0.2) is 5.91 Å². The number of carbonyl (C=O) groups is 1. The van der Waals surface area contributed by atoms with Gasteiger partial charge in [0.2, 0.25) is 5.91 Å². The lowest BCUT2D eigenvalue weighted by atomic mass is 10.2. The van der Waals surface area contributed by atoms with E-state index in [-0.39, 0.29) is 11.8 Å². The average molecular weight is 202 g/mol. The van der Waals surface area contributed by atoms with Crippen LogP contribution in [0.2, 0.25) is 0 Å². The summed E-state index contributed by atoms with van der Waals surface area (Å²) in [5, 5.41) is 6.24. The highest BCUT2D eigenvalue weighted by Crippen LogP contribution is 2.30. The first-order chi connectivity index (χ1) is 7.29. The minimum atomic E-state index is 0.0492. The van der Waals surface area contributed by atoms with E-state index in [4.69, 9.17) is 5.53 Å². The quantitative estimate of drug-likeness (QED) is 0.456. The van der Waals surface area contributed by atoms with Gasteiger partial charge in [-0.05, 0) is 30.5 Å². The van der Waals surface area contributed by atoms with E-state index in [1.807, 2.05) is 0 Å². The zero-order valence-electron chi connectivity index (χ0n) is 8.05. The molecule has 2 rings (SSSR count). The maximum Gasteiger partial charge on any atom is 0.227 e. The van der Waals surface area contributed by atoms with Crippen LogP contribution in [0.5, 0.6) is 0 Å². The fourth-order valence-electron chi connectivity index (χ4n) is 1.29. The van der Waals surface area contributed by atoms with Gasteiger partial charge in [0.25, 0.3) is 0 Å². The molecule has 5 heteroatoms. The van der Waals surface area contributed by atoms with Crippen LogP contribution >= 0.6 is 0 Å². The lowest BCUT2D eigenvalue weighted by Gasteiger charge is -2.03. The monoisotopic (exact) mass is 202 g/mol. The van der Waals surface area contributed by atoms with Gasteiger partial charge < -0.3 is 5.32 Å². The third kappa shape index (κ3) is 2.48. The lowest BCUT2D eigenvalue weighted by Crippen LogP contribution is -2.12. The minimum Gasteiger partial charge on any atom is -0.326 e. The molecule has 0 saturated heterocycles. The Balaban J connectivity index is 2.10. The molecule has 1 aliphatic rings. The van der Waals surface area contributed by atoms with Gasteiger partial charge in [-0.2, -0.15) is 0 Å². The number of benzene rings is 1. The first kappa shape index (κ1) is 9.55. The van der Waals surface area contributed by atoms with Gasteiger partial charge in [0.15, 0.2) is 0 Å². The van der Waals surface area contributed by atoms with Crippen molar-refractivity contribution in [2.45, 2.75) is 12.8 Å². The van der Waals surface area contributed by atoms with Crippen LogP contribution in [0.4, 0.5) is 11.4 Å². The summed E-state index contributed by atoms with van der Waals surface area (Å²) in [5.41, 5.74) is 9.44. The van der Waals surface area contributed by atoms with Crippen molar-refractivity contribution in [3.63, 3.8) is 0 Å². The van der Waals surface area contributed by atoms with Gasteiger partial charge in [0.05, 0.1) is 0 Å². The van der Waals surface area contributed by atoms with Crippen molar-refractivity contribution in [3.05, 3.63) is 34.7 Å². The molecular formula is C10H10N4O. The summed E-state index contributed by atoms with van der Waals surface area (Å²) in [6.45, 7) is 0. The van der Waals surface area contributed by atoms with Crippen molar-refractivity contribution in [1.29, 1.82) is 0 Å². The maximum atomic E-state index is 11.4. The normalized spacial score (nSPS) is 14.1. The van der Waals surface area contributed by atoms with E-state index in [1.54, 1.807) is 24.3 Å². The molecular weight excluding hydrogens is 192 g/mol. The summed E-state index contributed by atoms with van der Waals surface area (Å²) in [6.07, 6.45) is 1.95. The number of hydrogen-bond acceptors (Lipinski definition) is 2. The average Bonchev–Trinajstić information content (AvgIpc) is 3.01. The fourth-order valence-corrected chi connectivity index (χ4v) is 1.29. The molecule has 1 fully saturated rings. The standard InChI is InChI=1S/C10H10N4O/c11-14-13-9-3-1-2-8(6-9)12-10(15)7-4-5-7/h1-3,6-7H,4-5H2,(H,12,15). The second kappa shape index (κ2) is 4.02. The SMILES string of the molecule is [N-]=[N+]=Nc1cccc(NC(=O)C2CC2)c1. The first-order valence-electron chi connectivity index (χ1n) is 4.75. The number of carbonyl (C=O) groups excluding carboxylic acids is 1. The zero-order valence-corrected chi connectivity index (χ0v) is 8.05. The largest absolute Gasteiger partial charge is 0.326 e. The summed E-state index contributed by atoms with van der Waals surface area (Å²) < 4.78 is 0. The van der Waals surface area contributed by atoms with Gasteiger partial charge in [0, 0.05) is 22.2 Å². The lowest BCUT2D eigenvalue weighted by molar-refractivity contribution is -0.117. The molecule has 1 aliphatic carbocycles. The van der Waals surface area contributed by atoms with Crippen LogP contribution < -0.4 is 5.32 Å². The zero-order chi connectivity index (χ0) is 10.7. The predicted molar refractivity (Wildman–Crippen MR) is 56.6 cm³/mol. The molecule has 1 aromatic rings. The number of hydrogen-bond donors (Lipinski definition) is 1. The molecule has 0 aromatic heterocycles. The van der Waals surface area contributed by atoms with Gasteiger partial charge in [-0.1, -0.05) is 17.2 Å². The fraction of sp³-hybridized carbons (Fsp3) is 0.300. The number of rotatable bonds is 3. The Morgan fingerprint density at radius 1 is 1.53 bits per heavy atom. The second-order valence-corrected chi connectivity index (χ2v) is 3.50. The Bertz CT molecular complexity index is 433. The van der Waals surface area contributed by atoms with Crippen LogP contribution in [0.15, 0.2) is 29.4 Å². The van der Waals surface area contributed by atoms with Crippen molar-refractivity contribution in [2.75, 3.05) is 5.32 Å². The van der Waals surface area contributed by atoms with E-state index in [2.05, 4.69) is 15.3 Å². The van der Waals surface area contributed by atoms with E-state index in [9.17, 15) is 4.79 Å². The van der Waals surface area contributed by atoms with E-state index in [1.165, 1.54) is 0 Å². The molecule has 1 saturated carbocycles. The highest BCUT2D eigenvalue weighted by Gasteiger charge is 2.29. The van der Waals surface area contributed by atoms with Crippen molar-refractivity contribution >= 4 is 17.3 Å². The van der Waals surface area contributed by atoms with Crippen LogP contribution in [0.1, 0.15) is 12.8 Å². The maximum absolute atomic E-state index is 11.4. The summed E-state index contributed by atoms with van der Waals surface area (Å²) >= 11 is 0. The summed E-state index contributed by atoms with van der Waals surface area (Å²) in [5.74, 6) is 0.223. The molecule has 1 N–H and O–H groups in total. The topological polar surface area (TPSA) is 77.9 Å². The number of azide groups is 1. The molecule has 0 bridgehead atoms. The molecule has 1 amide bonds. The third-order valence-electron chi connectivity index (χ3n) is 2.22. The minimum absolute atomic E-state index is 0.0492. The Kier molecular flexibility index (Phi) is 2.56. The van der Waals surface area contributed by atoms with E-state index in [0.717, 1.165) is 12.8 Å². The van der Waals surface area contributed by atoms with Crippen LogP contribution in [0.3, 0.4) is 0 Å². The highest BCUT2D eigenvalue weighted by atomic mass is 16.2. The van der Waals surface area contributed by atoms with Gasteiger partial charge in [-0.15, -0.1) is 0 Å². The van der Waals surface area contributed by atoms with Gasteiger partial charge in [-0.25, -0.2) is 0 Å².